The number of nitrogens with zero attached hydrogens (tertiary/aromatic N) is 1. The van der Waals surface area contributed by atoms with Gasteiger partial charge < -0.3 is 4.90 Å². The summed E-state index contributed by atoms with van der Waals surface area (Å²) in [6.07, 6.45) is 15.4. The molecule has 1 saturated carbocycles. The van der Waals surface area contributed by atoms with E-state index in [1.165, 1.54) is 75.5 Å². The fraction of sp³-hybridized carbons (Fsp3) is 0.619. The molecule has 22 heavy (non-hydrogen) atoms. The zero-order valence-corrected chi connectivity index (χ0v) is 14.1. The molecule has 1 atom stereocenters. The van der Waals surface area contributed by atoms with Crippen molar-refractivity contribution in [2.75, 3.05) is 6.54 Å². The van der Waals surface area contributed by atoms with Gasteiger partial charge in [-0.2, -0.15) is 0 Å². The molecule has 1 heteroatoms. The minimum absolute atomic E-state index is 0.788. The summed E-state index contributed by atoms with van der Waals surface area (Å²) in [5.74, 6) is 0.991. The SMILES string of the molecule is CC(=CN1CCCCC1CC1CCCCC1)c1ccccc1. The number of hydrogen-bond acceptors (Lipinski definition) is 1. The van der Waals surface area contributed by atoms with Gasteiger partial charge in [0, 0.05) is 18.8 Å². The monoisotopic (exact) mass is 297 g/mol. The van der Waals surface area contributed by atoms with E-state index in [1.807, 2.05) is 0 Å². The van der Waals surface area contributed by atoms with Crippen molar-refractivity contribution in [2.45, 2.75) is 70.8 Å². The van der Waals surface area contributed by atoms with Gasteiger partial charge >= 0.3 is 0 Å². The van der Waals surface area contributed by atoms with Gasteiger partial charge in [-0.3, -0.25) is 0 Å². The molecule has 1 aliphatic heterocycles. The Labute approximate surface area is 136 Å². The maximum absolute atomic E-state index is 2.67. The van der Waals surface area contributed by atoms with Gasteiger partial charge in [0.1, 0.15) is 0 Å². The van der Waals surface area contributed by atoms with Crippen LogP contribution in [0.4, 0.5) is 0 Å². The number of benzene rings is 1. The van der Waals surface area contributed by atoms with Gasteiger partial charge in [0.25, 0.3) is 0 Å². The Morgan fingerprint density at radius 3 is 2.50 bits per heavy atom. The van der Waals surface area contributed by atoms with E-state index >= 15 is 0 Å². The van der Waals surface area contributed by atoms with Crippen molar-refractivity contribution < 1.29 is 0 Å². The minimum atomic E-state index is 0.788. The zero-order valence-electron chi connectivity index (χ0n) is 14.1. The zero-order chi connectivity index (χ0) is 15.2. The molecule has 2 fully saturated rings. The summed E-state index contributed by atoms with van der Waals surface area (Å²) in [7, 11) is 0. The molecular formula is C21H31N. The second-order valence-corrected chi connectivity index (χ2v) is 7.31. The van der Waals surface area contributed by atoms with E-state index in [1.54, 1.807) is 0 Å². The molecule has 1 aromatic rings. The predicted molar refractivity (Wildman–Crippen MR) is 95.6 cm³/mol. The lowest BCUT2D eigenvalue weighted by Gasteiger charge is -2.38. The van der Waals surface area contributed by atoms with Crippen molar-refractivity contribution in [3.63, 3.8) is 0 Å². The van der Waals surface area contributed by atoms with Gasteiger partial charge in [-0.05, 0) is 49.7 Å². The van der Waals surface area contributed by atoms with Gasteiger partial charge in [0.2, 0.25) is 0 Å². The molecule has 1 aliphatic carbocycles. The topological polar surface area (TPSA) is 3.24 Å². The van der Waals surface area contributed by atoms with Crippen LogP contribution >= 0.6 is 0 Å². The van der Waals surface area contributed by atoms with Crippen molar-refractivity contribution in [2.24, 2.45) is 5.92 Å². The second-order valence-electron chi connectivity index (χ2n) is 7.31. The molecule has 1 heterocycles. The van der Waals surface area contributed by atoms with Crippen molar-refractivity contribution in [1.82, 2.24) is 4.90 Å². The lowest BCUT2D eigenvalue weighted by molar-refractivity contribution is 0.166. The van der Waals surface area contributed by atoms with Crippen molar-refractivity contribution in [3.05, 3.63) is 42.1 Å². The highest BCUT2D eigenvalue weighted by Gasteiger charge is 2.24. The highest BCUT2D eigenvalue weighted by molar-refractivity contribution is 5.63. The highest BCUT2D eigenvalue weighted by Crippen LogP contribution is 2.32. The smallest absolute Gasteiger partial charge is 0.0287 e. The fourth-order valence-corrected chi connectivity index (χ4v) is 4.28. The Morgan fingerprint density at radius 1 is 1.00 bits per heavy atom. The average Bonchev–Trinajstić information content (AvgIpc) is 2.58. The largest absolute Gasteiger partial charge is 0.374 e. The molecule has 1 unspecified atom stereocenters. The first-order valence-corrected chi connectivity index (χ1v) is 9.32. The molecular weight excluding hydrogens is 266 g/mol. The third kappa shape index (κ3) is 4.15. The Balaban J connectivity index is 1.66. The Bertz CT molecular complexity index is 470. The first kappa shape index (κ1) is 15.6. The first-order chi connectivity index (χ1) is 10.8. The van der Waals surface area contributed by atoms with Crippen molar-refractivity contribution >= 4 is 5.57 Å². The van der Waals surface area contributed by atoms with Crippen LogP contribution in [0.15, 0.2) is 36.5 Å². The normalized spacial score (nSPS) is 24.5. The maximum Gasteiger partial charge on any atom is 0.0287 e. The summed E-state index contributed by atoms with van der Waals surface area (Å²) in [6.45, 7) is 3.52. The van der Waals surface area contributed by atoms with E-state index in [2.05, 4.69) is 48.4 Å². The van der Waals surface area contributed by atoms with Crippen LogP contribution in [0.2, 0.25) is 0 Å². The Morgan fingerprint density at radius 2 is 1.73 bits per heavy atom. The molecule has 0 N–H and O–H groups in total. The summed E-state index contributed by atoms with van der Waals surface area (Å²) < 4.78 is 0. The van der Waals surface area contributed by atoms with E-state index in [0.717, 1.165) is 12.0 Å². The molecule has 0 bridgehead atoms. The fourth-order valence-electron chi connectivity index (χ4n) is 4.28. The van der Waals surface area contributed by atoms with E-state index in [9.17, 15) is 0 Å². The molecule has 0 radical (unpaired) electrons. The van der Waals surface area contributed by atoms with Crippen LogP contribution in [0, 0.1) is 5.92 Å². The molecule has 3 rings (SSSR count). The van der Waals surface area contributed by atoms with Crippen LogP contribution in [-0.4, -0.2) is 17.5 Å². The van der Waals surface area contributed by atoms with Crippen molar-refractivity contribution in [3.8, 4) is 0 Å². The standard InChI is InChI=1S/C21H31N/c1-18(20-12-6-3-7-13-20)17-22-15-9-8-14-21(22)16-19-10-4-2-5-11-19/h3,6-7,12-13,17,19,21H,2,4-5,8-11,14-16H2,1H3. The summed E-state index contributed by atoms with van der Waals surface area (Å²) in [4.78, 5) is 2.67. The molecule has 1 aromatic carbocycles. The first-order valence-electron chi connectivity index (χ1n) is 9.32. The van der Waals surface area contributed by atoms with Crippen LogP contribution in [-0.2, 0) is 0 Å². The Kier molecular flexibility index (Phi) is 5.58. The number of likely N-dealkylation sites (tertiary alicyclic amines) is 1. The predicted octanol–water partition coefficient (Wildman–Crippen LogP) is 5.87. The van der Waals surface area contributed by atoms with Crippen LogP contribution in [0.25, 0.3) is 5.57 Å². The molecule has 0 spiro atoms. The lowest BCUT2D eigenvalue weighted by Crippen LogP contribution is -2.37. The van der Waals surface area contributed by atoms with Crippen LogP contribution < -0.4 is 0 Å². The third-order valence-electron chi connectivity index (χ3n) is 5.59. The molecule has 1 nitrogen and oxygen atoms in total. The number of allylic oxidation sites excluding steroid dienone is 1. The van der Waals surface area contributed by atoms with Gasteiger partial charge in [-0.15, -0.1) is 0 Å². The van der Waals surface area contributed by atoms with E-state index < -0.39 is 0 Å². The van der Waals surface area contributed by atoms with E-state index in [0.29, 0.717) is 0 Å². The number of rotatable bonds is 4. The molecule has 2 aliphatic rings. The summed E-state index contributed by atoms with van der Waals surface area (Å²) in [5.41, 5.74) is 2.78. The van der Waals surface area contributed by atoms with E-state index in [-0.39, 0.29) is 0 Å². The van der Waals surface area contributed by atoms with E-state index in [4.69, 9.17) is 0 Å². The van der Waals surface area contributed by atoms with Crippen LogP contribution in [0.1, 0.15) is 70.3 Å². The van der Waals surface area contributed by atoms with Crippen LogP contribution in [0.5, 0.6) is 0 Å². The maximum atomic E-state index is 2.67. The number of piperidine rings is 1. The quantitative estimate of drug-likeness (QED) is 0.671. The third-order valence-corrected chi connectivity index (χ3v) is 5.59. The molecule has 120 valence electrons. The van der Waals surface area contributed by atoms with Crippen molar-refractivity contribution in [1.29, 1.82) is 0 Å². The number of hydrogen-bond donors (Lipinski definition) is 0. The molecule has 0 amide bonds. The van der Waals surface area contributed by atoms with Gasteiger partial charge in [0.05, 0.1) is 0 Å². The lowest BCUT2D eigenvalue weighted by atomic mass is 9.82. The minimum Gasteiger partial charge on any atom is -0.374 e. The second kappa shape index (κ2) is 7.85. The average molecular weight is 297 g/mol. The molecule has 0 aromatic heterocycles. The summed E-state index contributed by atoms with van der Waals surface area (Å²) >= 11 is 0. The van der Waals surface area contributed by atoms with Gasteiger partial charge in [-0.25, -0.2) is 0 Å². The summed E-state index contributed by atoms with van der Waals surface area (Å²) in [6, 6.07) is 11.6. The van der Waals surface area contributed by atoms with Crippen LogP contribution in [0.3, 0.4) is 0 Å². The van der Waals surface area contributed by atoms with Gasteiger partial charge in [-0.1, -0.05) is 62.4 Å². The van der Waals surface area contributed by atoms with Gasteiger partial charge in [0.15, 0.2) is 0 Å². The summed E-state index contributed by atoms with van der Waals surface area (Å²) in [5, 5.41) is 0. The Hall–Kier alpha value is -1.24. The molecule has 1 saturated heterocycles. The highest BCUT2D eigenvalue weighted by atomic mass is 15.1.